The first-order chi connectivity index (χ1) is 8.36. The zero-order valence-electron chi connectivity index (χ0n) is 11.3. The van der Waals surface area contributed by atoms with Gasteiger partial charge in [-0.25, -0.2) is 0 Å². The number of nitrogens with zero attached hydrogens (tertiary/aromatic N) is 3. The maximum absolute atomic E-state index is 12.3. The third-order valence-corrected chi connectivity index (χ3v) is 3.07. The van der Waals surface area contributed by atoms with E-state index in [9.17, 15) is 4.79 Å². The van der Waals surface area contributed by atoms with Gasteiger partial charge in [0.2, 0.25) is 0 Å². The van der Waals surface area contributed by atoms with Crippen LogP contribution in [0.3, 0.4) is 0 Å². The summed E-state index contributed by atoms with van der Waals surface area (Å²) < 4.78 is 1.71. The van der Waals surface area contributed by atoms with Gasteiger partial charge >= 0.3 is 0 Å². The lowest BCUT2D eigenvalue weighted by Gasteiger charge is -2.24. The van der Waals surface area contributed by atoms with E-state index in [0.29, 0.717) is 23.6 Å². The number of carbonyl (C=O) groups is 1. The van der Waals surface area contributed by atoms with Crippen LogP contribution in [0.2, 0.25) is 0 Å². The number of hydrogen-bond acceptors (Lipinski definition) is 3. The predicted octanol–water partition coefficient (Wildman–Crippen LogP) is 1.35. The topological polar surface area (TPSA) is 64.2 Å². The van der Waals surface area contributed by atoms with Crippen LogP contribution in [0, 0.1) is 6.92 Å². The summed E-state index contributed by atoms with van der Waals surface area (Å²) in [5.74, 6) is -0.0544. The summed E-state index contributed by atoms with van der Waals surface area (Å²) in [4.78, 5) is 14.4. The Morgan fingerprint density at radius 2 is 2.28 bits per heavy atom. The van der Waals surface area contributed by atoms with Crippen molar-refractivity contribution in [1.29, 1.82) is 0 Å². The lowest BCUT2D eigenvalue weighted by molar-refractivity contribution is 0.0735. The Labute approximate surface area is 113 Å². The van der Waals surface area contributed by atoms with E-state index in [4.69, 9.17) is 18.0 Å². The van der Waals surface area contributed by atoms with Crippen molar-refractivity contribution >= 4 is 23.1 Å². The largest absolute Gasteiger partial charge is 0.393 e. The standard InChI is InChI=1S/C12H20N4OS/c1-5-16-10(6-8(2)14-16)12(17)15(4)9(3)7-11(13)18/h6,9H,5,7H2,1-4H3,(H2,13,18). The van der Waals surface area contributed by atoms with E-state index in [1.165, 1.54) is 0 Å². The molecule has 0 aromatic carbocycles. The number of hydrogen-bond donors (Lipinski definition) is 1. The number of rotatable bonds is 5. The second kappa shape index (κ2) is 5.95. The van der Waals surface area contributed by atoms with Gasteiger partial charge in [-0.15, -0.1) is 0 Å². The minimum Gasteiger partial charge on any atom is -0.393 e. The minimum absolute atomic E-state index is 0.0180. The molecule has 1 aromatic heterocycles. The van der Waals surface area contributed by atoms with Crippen LogP contribution in [0.5, 0.6) is 0 Å². The highest BCUT2D eigenvalue weighted by Gasteiger charge is 2.21. The van der Waals surface area contributed by atoms with Crippen LogP contribution in [0.25, 0.3) is 0 Å². The molecule has 6 heteroatoms. The van der Waals surface area contributed by atoms with Crippen molar-refractivity contribution in [2.75, 3.05) is 7.05 Å². The Bertz CT molecular complexity index is 455. The van der Waals surface area contributed by atoms with Crippen molar-refractivity contribution in [3.63, 3.8) is 0 Å². The Kier molecular flexibility index (Phi) is 4.84. The molecule has 0 saturated heterocycles. The average molecular weight is 268 g/mol. The van der Waals surface area contributed by atoms with Crippen LogP contribution in [0.4, 0.5) is 0 Å². The van der Waals surface area contributed by atoms with Gasteiger partial charge in [0.05, 0.1) is 10.7 Å². The second-order valence-corrected chi connectivity index (χ2v) is 4.95. The van der Waals surface area contributed by atoms with Crippen molar-refractivity contribution in [3.05, 3.63) is 17.5 Å². The summed E-state index contributed by atoms with van der Waals surface area (Å²) in [6, 6.07) is 1.78. The maximum Gasteiger partial charge on any atom is 0.272 e. The molecule has 100 valence electrons. The van der Waals surface area contributed by atoms with Crippen LogP contribution in [0.1, 0.15) is 36.5 Å². The van der Waals surface area contributed by atoms with E-state index in [1.807, 2.05) is 20.8 Å². The molecule has 1 rings (SSSR count). The normalized spacial score (nSPS) is 12.2. The first-order valence-corrected chi connectivity index (χ1v) is 6.37. The van der Waals surface area contributed by atoms with Crippen LogP contribution in [-0.2, 0) is 6.54 Å². The van der Waals surface area contributed by atoms with Crippen molar-refractivity contribution in [2.45, 2.75) is 39.8 Å². The van der Waals surface area contributed by atoms with Crippen LogP contribution >= 0.6 is 12.2 Å². The molecule has 1 unspecified atom stereocenters. The van der Waals surface area contributed by atoms with Gasteiger partial charge in [0.15, 0.2) is 0 Å². The molecule has 2 N–H and O–H groups in total. The Morgan fingerprint density at radius 3 is 2.78 bits per heavy atom. The number of carbonyl (C=O) groups excluding carboxylic acids is 1. The maximum atomic E-state index is 12.3. The zero-order chi connectivity index (χ0) is 13.9. The lowest BCUT2D eigenvalue weighted by atomic mass is 10.2. The van der Waals surface area contributed by atoms with E-state index in [-0.39, 0.29) is 11.9 Å². The van der Waals surface area contributed by atoms with E-state index < -0.39 is 0 Å². The predicted molar refractivity (Wildman–Crippen MR) is 75.6 cm³/mol. The van der Waals surface area contributed by atoms with Gasteiger partial charge in [-0.05, 0) is 26.8 Å². The number of thiocarbonyl (C=S) groups is 1. The molecule has 0 bridgehead atoms. The molecule has 5 nitrogen and oxygen atoms in total. The monoisotopic (exact) mass is 268 g/mol. The number of aryl methyl sites for hydroxylation is 2. The Hall–Kier alpha value is -1.43. The van der Waals surface area contributed by atoms with Gasteiger partial charge in [0, 0.05) is 26.1 Å². The Morgan fingerprint density at radius 1 is 1.67 bits per heavy atom. The van der Waals surface area contributed by atoms with E-state index in [2.05, 4.69) is 5.10 Å². The number of aromatic nitrogens is 2. The molecule has 1 atom stereocenters. The fourth-order valence-electron chi connectivity index (χ4n) is 1.77. The molecule has 0 aliphatic carbocycles. The molecule has 0 aliphatic rings. The number of amides is 1. The molecule has 1 amide bonds. The summed E-state index contributed by atoms with van der Waals surface area (Å²) in [6.07, 6.45) is 0.525. The highest BCUT2D eigenvalue weighted by molar-refractivity contribution is 7.80. The van der Waals surface area contributed by atoms with Crippen molar-refractivity contribution in [2.24, 2.45) is 5.73 Å². The Balaban J connectivity index is 2.88. The van der Waals surface area contributed by atoms with Gasteiger partial charge in [-0.3, -0.25) is 9.48 Å². The quantitative estimate of drug-likeness (QED) is 0.819. The zero-order valence-corrected chi connectivity index (χ0v) is 12.1. The van der Waals surface area contributed by atoms with Crippen LogP contribution in [-0.4, -0.2) is 38.7 Å². The van der Waals surface area contributed by atoms with E-state index >= 15 is 0 Å². The second-order valence-electron chi connectivity index (χ2n) is 4.42. The fraction of sp³-hybridized carbons (Fsp3) is 0.583. The van der Waals surface area contributed by atoms with Crippen molar-refractivity contribution in [1.82, 2.24) is 14.7 Å². The first-order valence-electron chi connectivity index (χ1n) is 5.96. The molecule has 0 radical (unpaired) electrons. The third-order valence-electron chi connectivity index (χ3n) is 2.90. The summed E-state index contributed by atoms with van der Waals surface area (Å²) in [5.41, 5.74) is 6.95. The van der Waals surface area contributed by atoms with Gasteiger partial charge in [-0.1, -0.05) is 12.2 Å². The molecule has 0 spiro atoms. The van der Waals surface area contributed by atoms with E-state index in [0.717, 1.165) is 5.69 Å². The summed E-state index contributed by atoms with van der Waals surface area (Å²) >= 11 is 4.87. The van der Waals surface area contributed by atoms with Crippen LogP contribution in [0.15, 0.2) is 6.07 Å². The van der Waals surface area contributed by atoms with Crippen LogP contribution < -0.4 is 5.73 Å². The third kappa shape index (κ3) is 3.29. The SMILES string of the molecule is CCn1nc(C)cc1C(=O)N(C)C(C)CC(N)=S. The summed E-state index contributed by atoms with van der Waals surface area (Å²) in [6.45, 7) is 6.44. The molecule has 0 aliphatic heterocycles. The highest BCUT2D eigenvalue weighted by Crippen LogP contribution is 2.11. The molecule has 1 aromatic rings. The average Bonchev–Trinajstić information content (AvgIpc) is 2.67. The lowest BCUT2D eigenvalue weighted by Crippen LogP contribution is -2.38. The summed E-state index contributed by atoms with van der Waals surface area (Å²) in [5, 5.41) is 4.27. The molecule has 18 heavy (non-hydrogen) atoms. The van der Waals surface area contributed by atoms with Gasteiger partial charge in [0.1, 0.15) is 5.69 Å². The smallest absolute Gasteiger partial charge is 0.272 e. The van der Waals surface area contributed by atoms with Gasteiger partial charge in [-0.2, -0.15) is 5.10 Å². The highest BCUT2D eigenvalue weighted by atomic mass is 32.1. The van der Waals surface area contributed by atoms with Gasteiger partial charge < -0.3 is 10.6 Å². The molecule has 0 fully saturated rings. The first kappa shape index (κ1) is 14.6. The molecule has 0 saturated carbocycles. The molecule has 1 heterocycles. The fourth-order valence-corrected chi connectivity index (χ4v) is 2.01. The molecular weight excluding hydrogens is 248 g/mol. The van der Waals surface area contributed by atoms with E-state index in [1.54, 1.807) is 22.7 Å². The summed E-state index contributed by atoms with van der Waals surface area (Å²) in [7, 11) is 1.76. The molecular formula is C12H20N4OS. The van der Waals surface area contributed by atoms with Crippen molar-refractivity contribution in [3.8, 4) is 0 Å². The number of nitrogens with two attached hydrogens (primary N) is 1. The van der Waals surface area contributed by atoms with Crippen molar-refractivity contribution < 1.29 is 4.79 Å². The minimum atomic E-state index is -0.0544. The van der Waals surface area contributed by atoms with Gasteiger partial charge in [0.25, 0.3) is 5.91 Å².